The summed E-state index contributed by atoms with van der Waals surface area (Å²) in [7, 11) is 1.60. The van der Waals surface area contributed by atoms with Crippen molar-refractivity contribution in [3.05, 3.63) is 29.8 Å². The number of benzene rings is 1. The first kappa shape index (κ1) is 19.8. The molecule has 24 heavy (non-hydrogen) atoms. The standard InChI is InChI=1S/C17H27N3O4/c1-17(2,3)24-16(22)20(12-10-18)15(21)19-11-9-13-7-5-6-8-14(13)23-4/h5-8H,9-12,18H2,1-4H3,(H,19,21). The number of hydrogen-bond donors (Lipinski definition) is 2. The predicted octanol–water partition coefficient (Wildman–Crippen LogP) is 2.14. The Hall–Kier alpha value is -2.28. The number of carbonyl (C=O) groups excluding carboxylic acids is 2. The summed E-state index contributed by atoms with van der Waals surface area (Å²) in [6.45, 7) is 5.85. The predicted molar refractivity (Wildman–Crippen MR) is 92.1 cm³/mol. The van der Waals surface area contributed by atoms with E-state index in [-0.39, 0.29) is 13.1 Å². The van der Waals surface area contributed by atoms with Gasteiger partial charge in [0.05, 0.1) is 7.11 Å². The number of imide groups is 1. The zero-order valence-electron chi connectivity index (χ0n) is 14.8. The first-order valence-electron chi connectivity index (χ1n) is 7.89. The van der Waals surface area contributed by atoms with Crippen LogP contribution in [0.5, 0.6) is 5.75 Å². The van der Waals surface area contributed by atoms with Gasteiger partial charge in [0.25, 0.3) is 0 Å². The fraction of sp³-hybridized carbons (Fsp3) is 0.529. The Morgan fingerprint density at radius 2 is 1.92 bits per heavy atom. The van der Waals surface area contributed by atoms with Crippen molar-refractivity contribution < 1.29 is 19.1 Å². The first-order chi connectivity index (χ1) is 11.3. The monoisotopic (exact) mass is 337 g/mol. The number of hydrogen-bond acceptors (Lipinski definition) is 5. The summed E-state index contributed by atoms with van der Waals surface area (Å²) < 4.78 is 10.5. The van der Waals surface area contributed by atoms with Crippen LogP contribution in [0.25, 0.3) is 0 Å². The van der Waals surface area contributed by atoms with E-state index in [0.29, 0.717) is 13.0 Å². The lowest BCUT2D eigenvalue weighted by Gasteiger charge is -2.26. The summed E-state index contributed by atoms with van der Waals surface area (Å²) >= 11 is 0. The van der Waals surface area contributed by atoms with Crippen LogP contribution in [-0.2, 0) is 11.2 Å². The van der Waals surface area contributed by atoms with Gasteiger partial charge < -0.3 is 20.5 Å². The summed E-state index contributed by atoms with van der Waals surface area (Å²) in [6, 6.07) is 7.05. The van der Waals surface area contributed by atoms with Gasteiger partial charge in [0.15, 0.2) is 0 Å². The van der Waals surface area contributed by atoms with Crippen LogP contribution in [0.2, 0.25) is 0 Å². The van der Waals surface area contributed by atoms with Crippen molar-refractivity contribution in [3.8, 4) is 5.75 Å². The van der Waals surface area contributed by atoms with Gasteiger partial charge in [0.2, 0.25) is 0 Å². The lowest BCUT2D eigenvalue weighted by Crippen LogP contribution is -2.48. The number of nitrogens with one attached hydrogen (secondary N) is 1. The Morgan fingerprint density at radius 3 is 2.50 bits per heavy atom. The van der Waals surface area contributed by atoms with Gasteiger partial charge in [-0.05, 0) is 38.8 Å². The molecule has 134 valence electrons. The average molecular weight is 337 g/mol. The van der Waals surface area contributed by atoms with E-state index in [1.54, 1.807) is 27.9 Å². The molecule has 0 saturated carbocycles. The zero-order chi connectivity index (χ0) is 18.2. The number of urea groups is 1. The SMILES string of the molecule is COc1ccccc1CCNC(=O)N(CCN)C(=O)OC(C)(C)C. The molecular weight excluding hydrogens is 310 g/mol. The van der Waals surface area contributed by atoms with Crippen molar-refractivity contribution in [2.75, 3.05) is 26.7 Å². The van der Waals surface area contributed by atoms with E-state index in [9.17, 15) is 9.59 Å². The van der Waals surface area contributed by atoms with Crippen LogP contribution in [0.1, 0.15) is 26.3 Å². The molecule has 0 aliphatic rings. The van der Waals surface area contributed by atoms with Gasteiger partial charge in [-0.25, -0.2) is 14.5 Å². The minimum Gasteiger partial charge on any atom is -0.496 e. The number of para-hydroxylation sites is 1. The summed E-state index contributed by atoms with van der Waals surface area (Å²) in [5, 5.41) is 2.71. The zero-order valence-corrected chi connectivity index (χ0v) is 14.8. The van der Waals surface area contributed by atoms with E-state index in [1.807, 2.05) is 24.3 Å². The van der Waals surface area contributed by atoms with Gasteiger partial charge in [0, 0.05) is 19.6 Å². The molecule has 1 aromatic rings. The Labute approximate surface area is 143 Å². The lowest BCUT2D eigenvalue weighted by atomic mass is 10.1. The molecule has 0 aliphatic carbocycles. The van der Waals surface area contributed by atoms with E-state index in [2.05, 4.69) is 5.32 Å². The molecule has 7 nitrogen and oxygen atoms in total. The molecule has 0 atom stereocenters. The van der Waals surface area contributed by atoms with Crippen molar-refractivity contribution in [2.24, 2.45) is 5.73 Å². The highest BCUT2D eigenvalue weighted by molar-refractivity contribution is 5.91. The van der Waals surface area contributed by atoms with E-state index in [0.717, 1.165) is 16.2 Å². The number of nitrogens with two attached hydrogens (primary N) is 1. The average Bonchev–Trinajstić information content (AvgIpc) is 2.51. The third kappa shape index (κ3) is 6.45. The molecule has 0 aromatic heterocycles. The number of methoxy groups -OCH3 is 1. The number of ether oxygens (including phenoxy) is 2. The second-order valence-corrected chi connectivity index (χ2v) is 6.21. The van der Waals surface area contributed by atoms with Crippen molar-refractivity contribution in [1.82, 2.24) is 10.2 Å². The molecule has 0 heterocycles. The maximum absolute atomic E-state index is 12.2. The van der Waals surface area contributed by atoms with Gasteiger partial charge in [-0.15, -0.1) is 0 Å². The van der Waals surface area contributed by atoms with Gasteiger partial charge >= 0.3 is 12.1 Å². The summed E-state index contributed by atoms with van der Waals surface area (Å²) in [5.74, 6) is 0.762. The summed E-state index contributed by atoms with van der Waals surface area (Å²) in [5.41, 5.74) is 5.78. The van der Waals surface area contributed by atoms with Crippen LogP contribution in [0.4, 0.5) is 9.59 Å². The lowest BCUT2D eigenvalue weighted by molar-refractivity contribution is 0.0325. The Kier molecular flexibility index (Phi) is 7.51. The number of amides is 3. The summed E-state index contributed by atoms with van der Waals surface area (Å²) in [6.07, 6.45) is -0.122. The van der Waals surface area contributed by atoms with Crippen molar-refractivity contribution in [3.63, 3.8) is 0 Å². The third-order valence-corrected chi connectivity index (χ3v) is 3.07. The number of rotatable bonds is 6. The molecule has 0 radical (unpaired) electrons. The van der Waals surface area contributed by atoms with Crippen LogP contribution in [0.3, 0.4) is 0 Å². The fourth-order valence-electron chi connectivity index (χ4n) is 2.03. The molecular formula is C17H27N3O4. The highest BCUT2D eigenvalue weighted by Crippen LogP contribution is 2.17. The molecule has 7 heteroatoms. The highest BCUT2D eigenvalue weighted by Gasteiger charge is 2.26. The van der Waals surface area contributed by atoms with Gasteiger partial charge in [-0.2, -0.15) is 0 Å². The molecule has 1 rings (SSSR count). The number of carbonyl (C=O) groups is 2. The molecule has 0 spiro atoms. The van der Waals surface area contributed by atoms with E-state index < -0.39 is 17.7 Å². The van der Waals surface area contributed by atoms with E-state index in [4.69, 9.17) is 15.2 Å². The fourth-order valence-corrected chi connectivity index (χ4v) is 2.03. The molecule has 0 bridgehead atoms. The second kappa shape index (κ2) is 9.12. The third-order valence-electron chi connectivity index (χ3n) is 3.07. The first-order valence-corrected chi connectivity index (χ1v) is 7.89. The van der Waals surface area contributed by atoms with E-state index in [1.165, 1.54) is 0 Å². The minimum absolute atomic E-state index is 0.0927. The number of nitrogens with zero attached hydrogens (tertiary/aromatic N) is 1. The van der Waals surface area contributed by atoms with Crippen LogP contribution in [0.15, 0.2) is 24.3 Å². The molecule has 0 saturated heterocycles. The molecule has 0 fully saturated rings. The van der Waals surface area contributed by atoms with Crippen LogP contribution in [-0.4, -0.2) is 49.4 Å². The van der Waals surface area contributed by atoms with Gasteiger partial charge in [-0.1, -0.05) is 18.2 Å². The molecule has 1 aromatic carbocycles. The van der Waals surface area contributed by atoms with Crippen LogP contribution < -0.4 is 15.8 Å². The van der Waals surface area contributed by atoms with Crippen molar-refractivity contribution >= 4 is 12.1 Å². The Bertz CT molecular complexity index is 555. The maximum Gasteiger partial charge on any atom is 0.418 e. The molecule has 0 aliphatic heterocycles. The molecule has 3 N–H and O–H groups in total. The van der Waals surface area contributed by atoms with Crippen LogP contribution in [0, 0.1) is 0 Å². The van der Waals surface area contributed by atoms with Crippen molar-refractivity contribution in [2.45, 2.75) is 32.8 Å². The smallest absolute Gasteiger partial charge is 0.418 e. The van der Waals surface area contributed by atoms with Gasteiger partial charge in [-0.3, -0.25) is 0 Å². The Balaban J connectivity index is 2.61. The molecule has 0 unspecified atom stereocenters. The Morgan fingerprint density at radius 1 is 1.25 bits per heavy atom. The quantitative estimate of drug-likeness (QED) is 0.829. The maximum atomic E-state index is 12.2. The summed E-state index contributed by atoms with van der Waals surface area (Å²) in [4.78, 5) is 25.3. The van der Waals surface area contributed by atoms with Crippen LogP contribution >= 0.6 is 0 Å². The second-order valence-electron chi connectivity index (χ2n) is 6.21. The molecule has 3 amide bonds. The topological polar surface area (TPSA) is 93.9 Å². The van der Waals surface area contributed by atoms with E-state index >= 15 is 0 Å². The largest absolute Gasteiger partial charge is 0.496 e. The van der Waals surface area contributed by atoms with Crippen molar-refractivity contribution in [1.29, 1.82) is 0 Å². The van der Waals surface area contributed by atoms with Gasteiger partial charge in [0.1, 0.15) is 11.4 Å². The highest BCUT2D eigenvalue weighted by atomic mass is 16.6. The minimum atomic E-state index is -0.706. The normalized spacial score (nSPS) is 10.9.